The van der Waals surface area contributed by atoms with E-state index in [4.69, 9.17) is 33.7 Å². The van der Waals surface area contributed by atoms with Gasteiger partial charge >= 0.3 is 0 Å². The molecule has 0 aliphatic heterocycles. The third kappa shape index (κ3) is 2.35. The van der Waals surface area contributed by atoms with Crippen molar-refractivity contribution in [3.05, 3.63) is 34.4 Å². The summed E-state index contributed by atoms with van der Waals surface area (Å²) in [5.74, 6) is 0.423. The predicted octanol–water partition coefficient (Wildman–Crippen LogP) is 3.16. The van der Waals surface area contributed by atoms with Crippen LogP contribution < -0.4 is 10.5 Å². The Hall–Kier alpha value is -1.10. The fourth-order valence-corrected chi connectivity index (χ4v) is 1.81. The van der Waals surface area contributed by atoms with Gasteiger partial charge in [-0.15, -0.1) is 0 Å². The van der Waals surface area contributed by atoms with Crippen LogP contribution in [0, 0.1) is 0 Å². The van der Waals surface area contributed by atoms with E-state index >= 15 is 0 Å². The molecule has 0 fully saturated rings. The number of fused-ring (bicyclic) bond motifs is 1. The number of rotatable bonds is 1. The average Bonchev–Trinajstić information content (AvgIpc) is 2.15. The lowest BCUT2D eigenvalue weighted by Crippen LogP contribution is -2.16. The van der Waals surface area contributed by atoms with E-state index in [9.17, 15) is 0 Å². The van der Waals surface area contributed by atoms with Gasteiger partial charge in [-0.25, -0.2) is 0 Å². The van der Waals surface area contributed by atoms with E-state index in [-0.39, 0.29) is 5.17 Å². The largest absolute Gasteiger partial charge is 0.430 e. The summed E-state index contributed by atoms with van der Waals surface area (Å²) < 4.78 is 5.17. The van der Waals surface area contributed by atoms with Crippen molar-refractivity contribution in [2.75, 3.05) is 0 Å². The van der Waals surface area contributed by atoms with Gasteiger partial charge in [0.15, 0.2) is 5.75 Å². The minimum atomic E-state index is -0.0830. The molecule has 16 heavy (non-hydrogen) atoms. The number of pyridine rings is 1. The zero-order chi connectivity index (χ0) is 11.7. The molecule has 0 radical (unpaired) electrons. The highest BCUT2D eigenvalue weighted by atomic mass is 35.5. The van der Waals surface area contributed by atoms with E-state index in [0.717, 1.165) is 5.39 Å². The Morgan fingerprint density at radius 2 is 1.94 bits per heavy atom. The number of ether oxygens (including phenoxy) is 1. The molecule has 2 aromatic rings. The lowest BCUT2D eigenvalue weighted by atomic mass is 10.2. The molecule has 0 spiro atoms. The molecule has 2 N–H and O–H groups in total. The summed E-state index contributed by atoms with van der Waals surface area (Å²) in [6.07, 6.45) is 1.52. The van der Waals surface area contributed by atoms with Gasteiger partial charge in [0.1, 0.15) is 5.52 Å². The normalized spacial score (nSPS) is 10.4. The van der Waals surface area contributed by atoms with Crippen molar-refractivity contribution in [3.63, 3.8) is 0 Å². The molecule has 0 saturated carbocycles. The third-order valence-electron chi connectivity index (χ3n) is 1.89. The molecule has 0 amide bonds. The Labute approximate surface area is 107 Å². The van der Waals surface area contributed by atoms with Gasteiger partial charge in [-0.3, -0.25) is 4.98 Å². The van der Waals surface area contributed by atoms with Crippen LogP contribution in [-0.4, -0.2) is 10.2 Å². The van der Waals surface area contributed by atoms with Crippen LogP contribution in [-0.2, 0) is 0 Å². The fraction of sp³-hybridized carbons (Fsp3) is 0. The van der Waals surface area contributed by atoms with Gasteiger partial charge in [0.25, 0.3) is 5.17 Å². The standard InChI is InChI=1S/C10H6Cl2N2OS/c11-6-1-5-2-7(12)4-14-9(5)8(3-6)15-10(13)16/h1-4H,(H2,13,16). The van der Waals surface area contributed by atoms with E-state index < -0.39 is 0 Å². The van der Waals surface area contributed by atoms with Crippen LogP contribution in [0.15, 0.2) is 24.4 Å². The topological polar surface area (TPSA) is 48.1 Å². The highest BCUT2D eigenvalue weighted by molar-refractivity contribution is 7.80. The highest BCUT2D eigenvalue weighted by Gasteiger charge is 2.07. The van der Waals surface area contributed by atoms with Gasteiger partial charge < -0.3 is 10.5 Å². The summed E-state index contributed by atoms with van der Waals surface area (Å²) in [4.78, 5) is 4.14. The van der Waals surface area contributed by atoms with Crippen molar-refractivity contribution in [1.82, 2.24) is 4.98 Å². The van der Waals surface area contributed by atoms with E-state index in [0.29, 0.717) is 21.3 Å². The van der Waals surface area contributed by atoms with E-state index in [2.05, 4.69) is 17.2 Å². The molecule has 1 aromatic carbocycles. The van der Waals surface area contributed by atoms with Crippen molar-refractivity contribution in [3.8, 4) is 5.75 Å². The van der Waals surface area contributed by atoms with Gasteiger partial charge in [-0.1, -0.05) is 23.2 Å². The molecule has 0 aliphatic carbocycles. The maximum atomic E-state index is 5.92. The van der Waals surface area contributed by atoms with Gasteiger partial charge in [-0.2, -0.15) is 0 Å². The van der Waals surface area contributed by atoms with Crippen LogP contribution in [0.1, 0.15) is 0 Å². The second kappa shape index (κ2) is 4.41. The molecule has 6 heteroatoms. The first-order chi connectivity index (χ1) is 7.56. The summed E-state index contributed by atoms with van der Waals surface area (Å²) in [5.41, 5.74) is 5.92. The molecule has 0 bridgehead atoms. The van der Waals surface area contributed by atoms with Crippen molar-refractivity contribution >= 4 is 51.5 Å². The molecule has 1 heterocycles. The number of halogens is 2. The molecule has 0 saturated heterocycles. The van der Waals surface area contributed by atoms with Gasteiger partial charge in [0.05, 0.1) is 5.02 Å². The molecular formula is C10H6Cl2N2OS. The van der Waals surface area contributed by atoms with Crippen LogP contribution >= 0.6 is 35.4 Å². The van der Waals surface area contributed by atoms with Gasteiger partial charge in [0, 0.05) is 22.7 Å². The van der Waals surface area contributed by atoms with Crippen LogP contribution in [0.3, 0.4) is 0 Å². The third-order valence-corrected chi connectivity index (χ3v) is 2.40. The minimum Gasteiger partial charge on any atom is -0.430 e. The SMILES string of the molecule is NC(=S)Oc1cc(Cl)cc2cc(Cl)cnc12. The average molecular weight is 273 g/mol. The smallest absolute Gasteiger partial charge is 0.259 e. The first-order valence-corrected chi connectivity index (χ1v) is 5.45. The molecule has 0 atom stereocenters. The Morgan fingerprint density at radius 3 is 2.62 bits per heavy atom. The molecule has 82 valence electrons. The zero-order valence-electron chi connectivity index (χ0n) is 7.91. The molecule has 2 rings (SSSR count). The zero-order valence-corrected chi connectivity index (χ0v) is 10.2. The molecule has 0 aliphatic rings. The van der Waals surface area contributed by atoms with E-state index in [1.165, 1.54) is 6.20 Å². The quantitative estimate of drug-likeness (QED) is 0.811. The number of thiocarbonyl (C=S) groups is 1. The lowest BCUT2D eigenvalue weighted by molar-refractivity contribution is 0.562. The number of hydrogen-bond donors (Lipinski definition) is 1. The van der Waals surface area contributed by atoms with Gasteiger partial charge in [0.2, 0.25) is 0 Å². The number of nitrogens with two attached hydrogens (primary N) is 1. The molecular weight excluding hydrogens is 267 g/mol. The minimum absolute atomic E-state index is 0.0830. The Balaban J connectivity index is 2.67. The van der Waals surface area contributed by atoms with Crippen LogP contribution in [0.25, 0.3) is 10.9 Å². The molecule has 1 aromatic heterocycles. The monoisotopic (exact) mass is 272 g/mol. The molecule has 3 nitrogen and oxygen atoms in total. The summed E-state index contributed by atoms with van der Waals surface area (Å²) >= 11 is 16.4. The number of benzene rings is 1. The number of hydrogen-bond acceptors (Lipinski definition) is 3. The molecule has 0 unspecified atom stereocenters. The van der Waals surface area contributed by atoms with Gasteiger partial charge in [-0.05, 0) is 24.4 Å². The highest BCUT2D eigenvalue weighted by Crippen LogP contribution is 2.29. The summed E-state index contributed by atoms with van der Waals surface area (Å²) in [6, 6.07) is 5.08. The first-order valence-electron chi connectivity index (χ1n) is 4.28. The van der Waals surface area contributed by atoms with Crippen LogP contribution in [0.5, 0.6) is 5.75 Å². The second-order valence-corrected chi connectivity index (χ2v) is 4.33. The van der Waals surface area contributed by atoms with Crippen molar-refractivity contribution in [1.29, 1.82) is 0 Å². The van der Waals surface area contributed by atoms with Crippen molar-refractivity contribution in [2.45, 2.75) is 0 Å². The fourth-order valence-electron chi connectivity index (χ4n) is 1.34. The second-order valence-electron chi connectivity index (χ2n) is 3.05. The van der Waals surface area contributed by atoms with Crippen molar-refractivity contribution < 1.29 is 4.74 Å². The van der Waals surface area contributed by atoms with E-state index in [1.807, 2.05) is 0 Å². The maximum absolute atomic E-state index is 5.92. The summed E-state index contributed by atoms with van der Waals surface area (Å²) in [5, 5.41) is 1.71. The lowest BCUT2D eigenvalue weighted by Gasteiger charge is -2.07. The van der Waals surface area contributed by atoms with Crippen LogP contribution in [0.4, 0.5) is 0 Å². The van der Waals surface area contributed by atoms with Crippen molar-refractivity contribution in [2.24, 2.45) is 5.73 Å². The maximum Gasteiger partial charge on any atom is 0.259 e. The van der Waals surface area contributed by atoms with Crippen LogP contribution in [0.2, 0.25) is 10.0 Å². The Kier molecular flexibility index (Phi) is 3.14. The summed E-state index contributed by atoms with van der Waals surface area (Å²) in [6.45, 7) is 0. The first kappa shape index (κ1) is 11.4. The Bertz CT molecular complexity index is 569. The number of nitrogens with zero attached hydrogens (tertiary/aromatic N) is 1. The Morgan fingerprint density at radius 1 is 1.25 bits per heavy atom. The number of aromatic nitrogens is 1. The van der Waals surface area contributed by atoms with E-state index in [1.54, 1.807) is 18.2 Å². The predicted molar refractivity (Wildman–Crippen MR) is 69.2 cm³/mol. The summed E-state index contributed by atoms with van der Waals surface area (Å²) in [7, 11) is 0.